The standard InChI is InChI=1S/C13H15Cl2NO3S/c1-8-10(12(17)16-7-13(2)3-4-13)5-9(6-11(8)14)20(15,18)19/h5-6H,3-4,7H2,1-2H3,(H,16,17). The topological polar surface area (TPSA) is 63.2 Å². The SMILES string of the molecule is Cc1c(Cl)cc(S(=O)(=O)Cl)cc1C(=O)NCC1(C)CC1. The van der Waals surface area contributed by atoms with Crippen molar-refractivity contribution in [3.05, 3.63) is 28.3 Å². The third-order valence-corrected chi connectivity index (χ3v) is 5.35. The van der Waals surface area contributed by atoms with E-state index < -0.39 is 9.05 Å². The minimum absolute atomic E-state index is 0.169. The molecule has 1 aliphatic carbocycles. The van der Waals surface area contributed by atoms with Crippen LogP contribution in [0.4, 0.5) is 0 Å². The normalized spacial score (nSPS) is 16.8. The third kappa shape index (κ3) is 3.45. The zero-order valence-corrected chi connectivity index (χ0v) is 13.5. The second-order valence-electron chi connectivity index (χ2n) is 5.51. The molecular weight excluding hydrogens is 321 g/mol. The molecule has 7 heteroatoms. The Hall–Kier alpha value is -0.780. The Morgan fingerprint density at radius 2 is 2.00 bits per heavy atom. The van der Waals surface area contributed by atoms with Gasteiger partial charge in [0.15, 0.2) is 0 Å². The van der Waals surface area contributed by atoms with E-state index in [0.29, 0.717) is 12.1 Å². The molecule has 1 amide bonds. The summed E-state index contributed by atoms with van der Waals surface area (Å²) < 4.78 is 22.7. The minimum Gasteiger partial charge on any atom is -0.351 e. The van der Waals surface area contributed by atoms with Gasteiger partial charge < -0.3 is 5.32 Å². The van der Waals surface area contributed by atoms with E-state index in [1.54, 1.807) is 6.92 Å². The fourth-order valence-corrected chi connectivity index (χ4v) is 2.88. The summed E-state index contributed by atoms with van der Waals surface area (Å²) in [7, 11) is 1.38. The van der Waals surface area contributed by atoms with Crippen LogP contribution in [0.25, 0.3) is 0 Å². The van der Waals surface area contributed by atoms with Crippen molar-refractivity contribution in [2.24, 2.45) is 5.41 Å². The first-order valence-corrected chi connectivity index (χ1v) is 8.84. The Bertz CT molecular complexity index is 666. The molecule has 0 atom stereocenters. The van der Waals surface area contributed by atoms with Gasteiger partial charge in [0.25, 0.3) is 15.0 Å². The summed E-state index contributed by atoms with van der Waals surface area (Å²) in [6.07, 6.45) is 2.17. The lowest BCUT2D eigenvalue weighted by Crippen LogP contribution is -2.29. The smallest absolute Gasteiger partial charge is 0.261 e. The summed E-state index contributed by atoms with van der Waals surface area (Å²) in [6.45, 7) is 4.33. The number of carbonyl (C=O) groups excluding carboxylic acids is 1. The van der Waals surface area contributed by atoms with Gasteiger partial charge in [-0.2, -0.15) is 0 Å². The van der Waals surface area contributed by atoms with Crippen LogP contribution in [0, 0.1) is 12.3 Å². The molecule has 0 aromatic heterocycles. The number of amides is 1. The Morgan fingerprint density at radius 3 is 2.50 bits per heavy atom. The number of hydrogen-bond donors (Lipinski definition) is 1. The number of halogens is 2. The highest BCUT2D eigenvalue weighted by atomic mass is 35.7. The van der Waals surface area contributed by atoms with Crippen LogP contribution in [-0.4, -0.2) is 20.9 Å². The van der Waals surface area contributed by atoms with Crippen molar-refractivity contribution < 1.29 is 13.2 Å². The second kappa shape index (κ2) is 5.20. The molecule has 1 aliphatic rings. The van der Waals surface area contributed by atoms with Crippen LogP contribution in [-0.2, 0) is 9.05 Å². The summed E-state index contributed by atoms with van der Waals surface area (Å²) in [5.41, 5.74) is 0.943. The zero-order valence-electron chi connectivity index (χ0n) is 11.2. The van der Waals surface area contributed by atoms with E-state index in [4.69, 9.17) is 22.3 Å². The first-order chi connectivity index (χ1) is 9.12. The van der Waals surface area contributed by atoms with Gasteiger partial charge in [0, 0.05) is 27.8 Å². The van der Waals surface area contributed by atoms with Crippen molar-refractivity contribution >= 4 is 37.2 Å². The lowest BCUT2D eigenvalue weighted by molar-refractivity contribution is 0.0945. The van der Waals surface area contributed by atoms with E-state index in [0.717, 1.165) is 12.8 Å². The van der Waals surface area contributed by atoms with E-state index in [9.17, 15) is 13.2 Å². The van der Waals surface area contributed by atoms with Crippen molar-refractivity contribution in [1.29, 1.82) is 0 Å². The van der Waals surface area contributed by atoms with Crippen LogP contribution in [0.2, 0.25) is 5.02 Å². The largest absolute Gasteiger partial charge is 0.351 e. The molecule has 1 saturated carbocycles. The summed E-state index contributed by atoms with van der Waals surface area (Å²) in [5.74, 6) is -0.334. The van der Waals surface area contributed by atoms with Crippen LogP contribution in [0.15, 0.2) is 17.0 Å². The van der Waals surface area contributed by atoms with E-state index in [1.165, 1.54) is 12.1 Å². The minimum atomic E-state index is -3.92. The summed E-state index contributed by atoms with van der Waals surface area (Å²) >= 11 is 5.97. The molecule has 2 rings (SSSR count). The molecule has 1 aromatic rings. The number of nitrogens with one attached hydrogen (secondary N) is 1. The molecule has 0 bridgehead atoms. The van der Waals surface area contributed by atoms with Gasteiger partial charge in [0.2, 0.25) is 0 Å². The maximum atomic E-state index is 12.2. The van der Waals surface area contributed by atoms with Gasteiger partial charge in [-0.25, -0.2) is 8.42 Å². The van der Waals surface area contributed by atoms with E-state index in [-0.39, 0.29) is 26.8 Å². The first kappa shape index (κ1) is 15.6. The lowest BCUT2D eigenvalue weighted by atomic mass is 10.1. The predicted molar refractivity (Wildman–Crippen MR) is 78.9 cm³/mol. The maximum absolute atomic E-state index is 12.2. The monoisotopic (exact) mass is 335 g/mol. The molecule has 110 valence electrons. The maximum Gasteiger partial charge on any atom is 0.261 e. The highest BCUT2D eigenvalue weighted by molar-refractivity contribution is 8.13. The third-order valence-electron chi connectivity index (χ3n) is 3.62. The highest BCUT2D eigenvalue weighted by Crippen LogP contribution is 2.44. The number of rotatable bonds is 4. The molecule has 1 N–H and O–H groups in total. The molecule has 4 nitrogen and oxygen atoms in total. The Kier molecular flexibility index (Phi) is 4.06. The fraction of sp³-hybridized carbons (Fsp3) is 0.462. The van der Waals surface area contributed by atoms with Gasteiger partial charge in [-0.3, -0.25) is 4.79 Å². The molecule has 0 saturated heterocycles. The Labute approximate surface area is 127 Å². The van der Waals surface area contributed by atoms with Gasteiger partial charge in [0.05, 0.1) is 4.90 Å². The van der Waals surface area contributed by atoms with Gasteiger partial charge in [0.1, 0.15) is 0 Å². The average Bonchev–Trinajstić information content (AvgIpc) is 3.07. The fourth-order valence-electron chi connectivity index (χ4n) is 1.81. The second-order valence-corrected chi connectivity index (χ2v) is 8.48. The van der Waals surface area contributed by atoms with Crippen LogP contribution in [0.5, 0.6) is 0 Å². The lowest BCUT2D eigenvalue weighted by Gasteiger charge is -2.13. The zero-order chi connectivity index (χ0) is 15.1. The van der Waals surface area contributed by atoms with E-state index in [2.05, 4.69) is 12.2 Å². The molecule has 20 heavy (non-hydrogen) atoms. The van der Waals surface area contributed by atoms with Crippen LogP contribution in [0.1, 0.15) is 35.7 Å². The number of benzene rings is 1. The molecule has 0 spiro atoms. The number of carbonyl (C=O) groups is 1. The quantitative estimate of drug-likeness (QED) is 0.860. The van der Waals surface area contributed by atoms with E-state index in [1.807, 2.05) is 0 Å². The van der Waals surface area contributed by atoms with Crippen molar-refractivity contribution in [2.75, 3.05) is 6.54 Å². The van der Waals surface area contributed by atoms with Crippen LogP contribution in [0.3, 0.4) is 0 Å². The highest BCUT2D eigenvalue weighted by Gasteiger charge is 2.37. The molecule has 0 aliphatic heterocycles. The Morgan fingerprint density at radius 1 is 1.40 bits per heavy atom. The van der Waals surface area contributed by atoms with Crippen molar-refractivity contribution in [3.8, 4) is 0 Å². The van der Waals surface area contributed by atoms with Crippen LogP contribution < -0.4 is 5.32 Å². The van der Waals surface area contributed by atoms with Gasteiger partial charge in [-0.1, -0.05) is 18.5 Å². The van der Waals surface area contributed by atoms with Gasteiger partial charge >= 0.3 is 0 Å². The summed E-state index contributed by atoms with van der Waals surface area (Å²) in [4.78, 5) is 12.0. The molecule has 0 unspecified atom stereocenters. The average molecular weight is 336 g/mol. The van der Waals surface area contributed by atoms with Crippen molar-refractivity contribution in [3.63, 3.8) is 0 Å². The first-order valence-electron chi connectivity index (χ1n) is 6.15. The molecule has 1 aromatic carbocycles. The van der Waals surface area contributed by atoms with Crippen LogP contribution >= 0.6 is 22.3 Å². The molecular formula is C13H15Cl2NO3S. The summed E-state index contributed by atoms with van der Waals surface area (Å²) in [5, 5.41) is 3.02. The van der Waals surface area contributed by atoms with Gasteiger partial charge in [-0.05, 0) is 42.9 Å². The summed E-state index contributed by atoms with van der Waals surface area (Å²) in [6, 6.07) is 2.51. The Balaban J connectivity index is 2.30. The molecule has 1 fully saturated rings. The predicted octanol–water partition coefficient (Wildman–Crippen LogP) is 3.11. The molecule has 0 heterocycles. The molecule has 0 radical (unpaired) electrons. The number of hydrogen-bond acceptors (Lipinski definition) is 3. The van der Waals surface area contributed by atoms with Gasteiger partial charge in [-0.15, -0.1) is 0 Å². The van der Waals surface area contributed by atoms with Crippen molar-refractivity contribution in [1.82, 2.24) is 5.32 Å². The van der Waals surface area contributed by atoms with Crippen molar-refractivity contribution in [2.45, 2.75) is 31.6 Å². The van der Waals surface area contributed by atoms with E-state index >= 15 is 0 Å².